The number of allylic oxidation sites excluding steroid dienone is 1. The molecule has 0 aromatic carbocycles. The molecule has 2 heterocycles. The first-order valence-corrected chi connectivity index (χ1v) is 7.10. The molecule has 18 heavy (non-hydrogen) atoms. The van der Waals surface area contributed by atoms with E-state index in [1.165, 1.54) is 15.3 Å². The summed E-state index contributed by atoms with van der Waals surface area (Å²) in [7, 11) is 0. The van der Waals surface area contributed by atoms with Crippen LogP contribution in [0.1, 0.15) is 41.1 Å². The van der Waals surface area contributed by atoms with Crippen LogP contribution in [0.4, 0.5) is 0 Å². The molecule has 2 rings (SSSR count). The van der Waals surface area contributed by atoms with Crippen molar-refractivity contribution in [2.24, 2.45) is 0 Å². The van der Waals surface area contributed by atoms with E-state index < -0.39 is 0 Å². The number of hydrogen-bond donors (Lipinski definition) is 1. The van der Waals surface area contributed by atoms with E-state index in [1.54, 1.807) is 11.3 Å². The normalized spacial score (nSPS) is 16.7. The van der Waals surface area contributed by atoms with Gasteiger partial charge in [0.25, 0.3) is 5.91 Å². The van der Waals surface area contributed by atoms with Crippen LogP contribution in [-0.4, -0.2) is 12.5 Å². The van der Waals surface area contributed by atoms with Crippen molar-refractivity contribution in [1.82, 2.24) is 5.32 Å². The van der Waals surface area contributed by atoms with Gasteiger partial charge in [0.2, 0.25) is 0 Å². The maximum atomic E-state index is 12.0. The van der Waals surface area contributed by atoms with Gasteiger partial charge in [-0.1, -0.05) is 0 Å². The van der Waals surface area contributed by atoms with E-state index in [-0.39, 0.29) is 11.9 Å². The molecule has 1 aromatic rings. The fourth-order valence-corrected chi connectivity index (χ4v) is 3.16. The topological polar surface area (TPSA) is 38.3 Å². The van der Waals surface area contributed by atoms with Crippen LogP contribution in [0.2, 0.25) is 0 Å². The van der Waals surface area contributed by atoms with Gasteiger partial charge in [0, 0.05) is 9.75 Å². The number of rotatable bonds is 3. The summed E-state index contributed by atoms with van der Waals surface area (Å²) >= 11 is 1.76. The van der Waals surface area contributed by atoms with E-state index >= 15 is 0 Å². The van der Waals surface area contributed by atoms with Crippen molar-refractivity contribution in [3.63, 3.8) is 0 Å². The smallest absolute Gasteiger partial charge is 0.286 e. The zero-order valence-corrected chi connectivity index (χ0v) is 11.9. The van der Waals surface area contributed by atoms with Crippen molar-refractivity contribution in [2.45, 2.75) is 39.7 Å². The molecule has 1 N–H and O–H groups in total. The molecule has 1 aliphatic rings. The third-order valence-electron chi connectivity index (χ3n) is 3.05. The summed E-state index contributed by atoms with van der Waals surface area (Å²) in [4.78, 5) is 14.5. The van der Waals surface area contributed by atoms with Crippen LogP contribution >= 0.6 is 11.3 Å². The van der Waals surface area contributed by atoms with Gasteiger partial charge < -0.3 is 10.1 Å². The largest absolute Gasteiger partial charge is 0.488 e. The lowest BCUT2D eigenvalue weighted by Crippen LogP contribution is -2.30. The van der Waals surface area contributed by atoms with Crippen LogP contribution in [0.25, 0.3) is 0 Å². The lowest BCUT2D eigenvalue weighted by atomic mass is 10.1. The van der Waals surface area contributed by atoms with Gasteiger partial charge in [-0.25, -0.2) is 0 Å². The Morgan fingerprint density at radius 2 is 2.28 bits per heavy atom. The average Bonchev–Trinajstić information content (AvgIpc) is 2.69. The zero-order valence-electron chi connectivity index (χ0n) is 11.1. The Kier molecular flexibility index (Phi) is 4.07. The first kappa shape index (κ1) is 13.1. The average molecular weight is 265 g/mol. The summed E-state index contributed by atoms with van der Waals surface area (Å²) in [5.41, 5.74) is 1.20. The molecule has 1 unspecified atom stereocenters. The molecule has 1 aliphatic heterocycles. The van der Waals surface area contributed by atoms with Crippen molar-refractivity contribution in [3.05, 3.63) is 33.2 Å². The maximum absolute atomic E-state index is 12.0. The first-order chi connectivity index (χ1) is 8.58. The zero-order chi connectivity index (χ0) is 13.1. The van der Waals surface area contributed by atoms with E-state index in [4.69, 9.17) is 4.74 Å². The Balaban J connectivity index is 2.03. The van der Waals surface area contributed by atoms with Crippen molar-refractivity contribution in [2.75, 3.05) is 6.61 Å². The van der Waals surface area contributed by atoms with Gasteiger partial charge in [-0.05, 0) is 51.3 Å². The van der Waals surface area contributed by atoms with E-state index in [1.807, 2.05) is 13.0 Å². The fourth-order valence-electron chi connectivity index (χ4n) is 2.14. The number of nitrogens with one attached hydrogen (secondary N) is 1. The van der Waals surface area contributed by atoms with Gasteiger partial charge in [0.15, 0.2) is 5.76 Å². The van der Waals surface area contributed by atoms with E-state index in [2.05, 4.69) is 25.2 Å². The summed E-state index contributed by atoms with van der Waals surface area (Å²) in [6, 6.07) is 2.16. The Morgan fingerprint density at radius 1 is 1.50 bits per heavy atom. The predicted molar refractivity (Wildman–Crippen MR) is 73.6 cm³/mol. The quantitative estimate of drug-likeness (QED) is 0.911. The molecular formula is C14H19NO2S. The Labute approximate surface area is 112 Å². The van der Waals surface area contributed by atoms with Crippen LogP contribution in [-0.2, 0) is 9.53 Å². The molecule has 4 heteroatoms. The summed E-state index contributed by atoms with van der Waals surface area (Å²) in [5.74, 6) is 0.364. The molecule has 0 bridgehead atoms. The monoisotopic (exact) mass is 265 g/mol. The standard InChI is InChI=1S/C14H19NO2S/c1-9-8-12(11(3)18-9)10(2)15-14(16)13-6-4-5-7-17-13/h6,8,10H,4-5,7H2,1-3H3,(H,15,16). The number of carbonyl (C=O) groups excluding carboxylic acids is 1. The van der Waals surface area contributed by atoms with E-state index in [0.29, 0.717) is 12.4 Å². The minimum absolute atomic E-state index is 0.0221. The van der Waals surface area contributed by atoms with E-state index in [9.17, 15) is 4.79 Å². The second-order valence-electron chi connectivity index (χ2n) is 4.62. The molecule has 98 valence electrons. The molecule has 1 aromatic heterocycles. The number of thiophene rings is 1. The number of carbonyl (C=O) groups is 1. The van der Waals surface area contributed by atoms with Gasteiger partial charge in [-0.2, -0.15) is 0 Å². The van der Waals surface area contributed by atoms with Gasteiger partial charge in [-0.3, -0.25) is 4.79 Å². The molecule has 0 fully saturated rings. The van der Waals surface area contributed by atoms with Crippen LogP contribution in [0.5, 0.6) is 0 Å². The summed E-state index contributed by atoms with van der Waals surface area (Å²) in [5, 5.41) is 2.99. The Morgan fingerprint density at radius 3 is 2.83 bits per heavy atom. The predicted octanol–water partition coefficient (Wildman–Crippen LogP) is 3.24. The third-order valence-corrected chi connectivity index (χ3v) is 4.03. The molecule has 1 amide bonds. The van der Waals surface area contributed by atoms with Crippen LogP contribution in [0, 0.1) is 13.8 Å². The van der Waals surface area contributed by atoms with E-state index in [0.717, 1.165) is 12.8 Å². The van der Waals surface area contributed by atoms with Gasteiger partial charge in [-0.15, -0.1) is 11.3 Å². The summed E-state index contributed by atoms with van der Waals surface area (Å²) < 4.78 is 5.36. The van der Waals surface area contributed by atoms with Crippen LogP contribution in [0.15, 0.2) is 17.9 Å². The lowest BCUT2D eigenvalue weighted by molar-refractivity contribution is -0.121. The molecular weight excluding hydrogens is 246 g/mol. The molecule has 0 saturated carbocycles. The van der Waals surface area contributed by atoms with Gasteiger partial charge >= 0.3 is 0 Å². The number of amides is 1. The highest BCUT2D eigenvalue weighted by molar-refractivity contribution is 7.12. The highest BCUT2D eigenvalue weighted by atomic mass is 32.1. The minimum atomic E-state index is -0.106. The van der Waals surface area contributed by atoms with Crippen molar-refractivity contribution < 1.29 is 9.53 Å². The molecule has 0 radical (unpaired) electrons. The molecule has 1 atom stereocenters. The SMILES string of the molecule is Cc1cc(C(C)NC(=O)C2=CCCCO2)c(C)s1. The number of ether oxygens (including phenoxy) is 1. The van der Waals surface area contributed by atoms with Gasteiger partial charge in [0.05, 0.1) is 12.6 Å². The fraction of sp³-hybridized carbons (Fsp3) is 0.500. The molecule has 0 spiro atoms. The number of hydrogen-bond acceptors (Lipinski definition) is 3. The Bertz CT molecular complexity index is 476. The number of aryl methyl sites for hydroxylation is 2. The van der Waals surface area contributed by atoms with Crippen molar-refractivity contribution >= 4 is 17.2 Å². The van der Waals surface area contributed by atoms with Gasteiger partial charge in [0.1, 0.15) is 0 Å². The molecule has 0 saturated heterocycles. The van der Waals surface area contributed by atoms with Crippen LogP contribution in [0.3, 0.4) is 0 Å². The highest BCUT2D eigenvalue weighted by Gasteiger charge is 2.18. The third kappa shape index (κ3) is 2.93. The van der Waals surface area contributed by atoms with Crippen molar-refractivity contribution in [3.8, 4) is 0 Å². The van der Waals surface area contributed by atoms with Crippen LogP contribution < -0.4 is 5.32 Å². The molecule has 3 nitrogen and oxygen atoms in total. The summed E-state index contributed by atoms with van der Waals surface area (Å²) in [6.45, 7) is 6.83. The molecule has 0 aliphatic carbocycles. The minimum Gasteiger partial charge on any atom is -0.488 e. The van der Waals surface area contributed by atoms with Crippen molar-refractivity contribution in [1.29, 1.82) is 0 Å². The second-order valence-corrected chi connectivity index (χ2v) is 6.08. The lowest BCUT2D eigenvalue weighted by Gasteiger charge is -2.18. The maximum Gasteiger partial charge on any atom is 0.286 e. The Hall–Kier alpha value is -1.29. The highest BCUT2D eigenvalue weighted by Crippen LogP contribution is 2.26. The first-order valence-electron chi connectivity index (χ1n) is 6.28. The summed E-state index contributed by atoms with van der Waals surface area (Å²) in [6.07, 6.45) is 3.79. The second kappa shape index (κ2) is 5.57.